The third-order valence-corrected chi connectivity index (χ3v) is 5.37. The first-order valence-corrected chi connectivity index (χ1v) is 9.30. The number of nitrogens with one attached hydrogen (secondary N) is 1. The van der Waals surface area contributed by atoms with Crippen LogP contribution in [0.3, 0.4) is 0 Å². The number of hydrogen-bond donors (Lipinski definition) is 1. The molecule has 0 atom stereocenters. The zero-order valence-corrected chi connectivity index (χ0v) is 14.7. The van der Waals surface area contributed by atoms with Crippen LogP contribution in [0.1, 0.15) is 9.67 Å². The molecule has 132 valence electrons. The van der Waals surface area contributed by atoms with E-state index in [1.165, 1.54) is 36.8 Å². The average molecular weight is 383 g/mol. The van der Waals surface area contributed by atoms with Gasteiger partial charge in [0.25, 0.3) is 0 Å². The van der Waals surface area contributed by atoms with Crippen molar-refractivity contribution >= 4 is 27.3 Å². The molecule has 9 heteroatoms. The number of sulfonamides is 1. The van der Waals surface area contributed by atoms with Gasteiger partial charge < -0.3 is 9.47 Å². The Morgan fingerprint density at radius 3 is 2.76 bits per heavy atom. The highest BCUT2D eigenvalue weighted by Crippen LogP contribution is 2.22. The molecule has 1 N–H and O–H groups in total. The topological polar surface area (TPSA) is 81.7 Å². The van der Waals surface area contributed by atoms with Crippen LogP contribution in [0, 0.1) is 17.7 Å². The molecule has 0 saturated heterocycles. The molecule has 6 nitrogen and oxygen atoms in total. The summed E-state index contributed by atoms with van der Waals surface area (Å²) < 4.78 is 49.6. The highest BCUT2D eigenvalue weighted by molar-refractivity contribution is 7.89. The average Bonchev–Trinajstić information content (AvgIpc) is 3.09. The van der Waals surface area contributed by atoms with Gasteiger partial charge in [-0.1, -0.05) is 24.0 Å². The summed E-state index contributed by atoms with van der Waals surface area (Å²) in [5, 5.41) is 1.48. The fraction of sp³-hybridized carbons (Fsp3) is 0.188. The van der Waals surface area contributed by atoms with Crippen molar-refractivity contribution in [1.82, 2.24) is 4.72 Å². The summed E-state index contributed by atoms with van der Waals surface area (Å²) >= 11 is 0.970. The van der Waals surface area contributed by atoms with Crippen LogP contribution in [-0.2, 0) is 14.8 Å². The van der Waals surface area contributed by atoms with E-state index in [2.05, 4.69) is 21.3 Å². The lowest BCUT2D eigenvalue weighted by Gasteiger charge is -2.04. The first-order valence-electron chi connectivity index (χ1n) is 6.94. The second-order valence-corrected chi connectivity index (χ2v) is 7.15. The third kappa shape index (κ3) is 5.03. The molecule has 1 heterocycles. The minimum Gasteiger partial charge on any atom is -0.478 e. The Morgan fingerprint density at radius 2 is 2.04 bits per heavy atom. The molecule has 0 aliphatic heterocycles. The van der Waals surface area contributed by atoms with Gasteiger partial charge in [0.2, 0.25) is 10.0 Å². The van der Waals surface area contributed by atoms with E-state index in [4.69, 9.17) is 4.74 Å². The van der Waals surface area contributed by atoms with Crippen LogP contribution in [0.4, 0.5) is 4.39 Å². The van der Waals surface area contributed by atoms with E-state index in [-0.39, 0.29) is 28.7 Å². The summed E-state index contributed by atoms with van der Waals surface area (Å²) in [6.07, 6.45) is 0. The van der Waals surface area contributed by atoms with Gasteiger partial charge in [0, 0.05) is 0 Å². The number of carbonyl (C=O) groups excluding carboxylic acids is 1. The number of carbonyl (C=O) groups is 1. The summed E-state index contributed by atoms with van der Waals surface area (Å²) in [6.45, 7) is -0.270. The number of rotatable bonds is 6. The number of methoxy groups -OCH3 is 1. The van der Waals surface area contributed by atoms with Gasteiger partial charge in [0.05, 0.1) is 13.7 Å². The summed E-state index contributed by atoms with van der Waals surface area (Å²) in [5.41, 5.74) is 0. The van der Waals surface area contributed by atoms with Crippen LogP contribution in [0.2, 0.25) is 0 Å². The maximum Gasteiger partial charge on any atom is 0.349 e. The number of thiophene rings is 1. The van der Waals surface area contributed by atoms with Gasteiger partial charge in [-0.2, -0.15) is 4.72 Å². The summed E-state index contributed by atoms with van der Waals surface area (Å²) in [4.78, 5) is 11.4. The quantitative estimate of drug-likeness (QED) is 0.610. The molecule has 2 aromatic rings. The van der Waals surface area contributed by atoms with Crippen molar-refractivity contribution in [1.29, 1.82) is 0 Å². The molecular formula is C16H14FNO5S2. The molecule has 0 fully saturated rings. The van der Waals surface area contributed by atoms with Gasteiger partial charge in [0.1, 0.15) is 16.4 Å². The first-order chi connectivity index (χ1) is 12.0. The van der Waals surface area contributed by atoms with E-state index < -0.39 is 21.8 Å². The minimum absolute atomic E-state index is 0.00848. The fourth-order valence-corrected chi connectivity index (χ4v) is 4.00. The molecule has 2 rings (SSSR count). The van der Waals surface area contributed by atoms with Crippen LogP contribution < -0.4 is 9.46 Å². The van der Waals surface area contributed by atoms with Gasteiger partial charge in [-0.15, -0.1) is 11.3 Å². The lowest BCUT2D eigenvalue weighted by Crippen LogP contribution is -2.25. The molecule has 0 unspecified atom stereocenters. The molecule has 0 bridgehead atoms. The Balaban J connectivity index is 1.90. The van der Waals surface area contributed by atoms with Gasteiger partial charge in [-0.25, -0.2) is 17.6 Å². The van der Waals surface area contributed by atoms with Crippen molar-refractivity contribution in [3.63, 3.8) is 0 Å². The van der Waals surface area contributed by atoms with Gasteiger partial charge >= 0.3 is 5.97 Å². The van der Waals surface area contributed by atoms with Crippen molar-refractivity contribution in [2.75, 3.05) is 20.3 Å². The van der Waals surface area contributed by atoms with Crippen molar-refractivity contribution < 1.29 is 27.1 Å². The SMILES string of the molecule is COC(=O)c1sccc1S(=O)(=O)NCC#CCOc1ccccc1F. The van der Waals surface area contributed by atoms with Crippen LogP contribution in [-0.4, -0.2) is 34.6 Å². The van der Waals surface area contributed by atoms with Crippen molar-refractivity contribution in [3.8, 4) is 17.6 Å². The molecule has 1 aromatic carbocycles. The van der Waals surface area contributed by atoms with Crippen LogP contribution in [0.15, 0.2) is 40.6 Å². The number of benzene rings is 1. The molecule has 0 aliphatic carbocycles. The minimum atomic E-state index is -3.89. The number of halogens is 1. The van der Waals surface area contributed by atoms with Crippen LogP contribution >= 0.6 is 11.3 Å². The second-order valence-electron chi connectivity index (χ2n) is 4.50. The Bertz CT molecular complexity index is 912. The largest absolute Gasteiger partial charge is 0.478 e. The van der Waals surface area contributed by atoms with Gasteiger partial charge in [0.15, 0.2) is 11.6 Å². The van der Waals surface area contributed by atoms with Crippen molar-refractivity contribution in [2.24, 2.45) is 0 Å². The normalized spacial score (nSPS) is 10.6. The highest BCUT2D eigenvalue weighted by Gasteiger charge is 2.23. The predicted molar refractivity (Wildman–Crippen MR) is 90.5 cm³/mol. The lowest BCUT2D eigenvalue weighted by molar-refractivity contribution is 0.0602. The van der Waals surface area contributed by atoms with Gasteiger partial charge in [-0.3, -0.25) is 0 Å². The Hall–Kier alpha value is -2.41. The van der Waals surface area contributed by atoms with E-state index in [0.29, 0.717) is 0 Å². The van der Waals surface area contributed by atoms with E-state index >= 15 is 0 Å². The standard InChI is InChI=1S/C16H14FNO5S2/c1-22-16(19)15-14(8-11-24-15)25(20,21)18-9-4-5-10-23-13-7-3-2-6-12(13)17/h2-3,6-8,11,18H,9-10H2,1H3. The fourth-order valence-electron chi connectivity index (χ4n) is 1.75. The number of hydrogen-bond acceptors (Lipinski definition) is 6. The second kappa shape index (κ2) is 8.62. The zero-order chi connectivity index (χ0) is 18.3. The highest BCUT2D eigenvalue weighted by atomic mass is 32.2. The van der Waals surface area contributed by atoms with E-state index in [0.717, 1.165) is 11.3 Å². The van der Waals surface area contributed by atoms with Gasteiger partial charge in [-0.05, 0) is 23.6 Å². The number of ether oxygens (including phenoxy) is 2. The Morgan fingerprint density at radius 1 is 1.28 bits per heavy atom. The van der Waals surface area contributed by atoms with Crippen molar-refractivity contribution in [3.05, 3.63) is 46.4 Å². The molecule has 0 spiro atoms. The monoisotopic (exact) mass is 383 g/mol. The maximum absolute atomic E-state index is 13.3. The van der Waals surface area contributed by atoms with E-state index in [1.54, 1.807) is 6.07 Å². The predicted octanol–water partition coefficient (Wildman–Crippen LogP) is 2.03. The molecule has 0 aliphatic rings. The smallest absolute Gasteiger partial charge is 0.349 e. The maximum atomic E-state index is 13.3. The lowest BCUT2D eigenvalue weighted by atomic mass is 10.3. The molecule has 25 heavy (non-hydrogen) atoms. The van der Waals surface area contributed by atoms with E-state index in [9.17, 15) is 17.6 Å². The third-order valence-electron chi connectivity index (χ3n) is 2.90. The molecule has 0 amide bonds. The first kappa shape index (κ1) is 18.9. The number of para-hydroxylation sites is 1. The molecule has 0 saturated carbocycles. The molecule has 0 radical (unpaired) electrons. The molecular weight excluding hydrogens is 369 g/mol. The summed E-state index contributed by atoms with van der Waals surface area (Å²) in [5.74, 6) is 3.97. The number of esters is 1. The van der Waals surface area contributed by atoms with Crippen LogP contribution in [0.25, 0.3) is 0 Å². The van der Waals surface area contributed by atoms with Crippen LogP contribution in [0.5, 0.6) is 5.75 Å². The summed E-state index contributed by atoms with van der Waals surface area (Å²) in [6, 6.07) is 7.20. The zero-order valence-electron chi connectivity index (χ0n) is 13.1. The Kier molecular flexibility index (Phi) is 6.52. The molecule has 1 aromatic heterocycles. The Labute approximate surface area is 148 Å². The van der Waals surface area contributed by atoms with E-state index in [1.807, 2.05) is 0 Å². The summed E-state index contributed by atoms with van der Waals surface area (Å²) in [7, 11) is -2.72. The van der Waals surface area contributed by atoms with Crippen molar-refractivity contribution in [2.45, 2.75) is 4.90 Å².